The van der Waals surface area contributed by atoms with Gasteiger partial charge >= 0.3 is 0 Å². The maximum Gasteiger partial charge on any atom is 0.203 e. The lowest BCUT2D eigenvalue weighted by Crippen LogP contribution is -2.44. The summed E-state index contributed by atoms with van der Waals surface area (Å²) in [6.45, 7) is 4.16. The van der Waals surface area contributed by atoms with Crippen molar-refractivity contribution in [3.63, 3.8) is 0 Å². The Bertz CT molecular complexity index is 1040. The molecule has 0 bridgehead atoms. The van der Waals surface area contributed by atoms with Crippen molar-refractivity contribution in [2.45, 2.75) is 38.3 Å². The number of ether oxygens (including phenoxy) is 6. The first kappa shape index (κ1) is 30.0. The standard InChI is InChI=1S/C29H42N2O6.ClH/c1-10-19(24-22-17(11-13-30(24)2)15-20(32-4)26(34-6)28(22)36-8)25-23-18(12-14-31(25)3)16-21(33-5)27(35-7)29(23)37-9;/h15-16,19,24-25H,10-14H2,1-9H3;1H. The first-order valence-corrected chi connectivity index (χ1v) is 12.9. The Morgan fingerprint density at radius 2 is 1.03 bits per heavy atom. The summed E-state index contributed by atoms with van der Waals surface area (Å²) in [7, 11) is 14.5. The van der Waals surface area contributed by atoms with E-state index in [0.29, 0.717) is 23.0 Å². The predicted molar refractivity (Wildman–Crippen MR) is 151 cm³/mol. The second-order valence-electron chi connectivity index (χ2n) is 9.86. The predicted octanol–water partition coefficient (Wildman–Crippen LogP) is 4.94. The SMILES string of the molecule is CCC(C1c2c(cc(OC)c(OC)c2OC)CCN1C)C1c2c(cc(OC)c(OC)c2OC)CCN1C.Cl. The van der Waals surface area contributed by atoms with Crippen LogP contribution in [0.1, 0.15) is 47.7 Å². The van der Waals surface area contributed by atoms with Crippen LogP contribution in [0.3, 0.4) is 0 Å². The zero-order valence-electron chi connectivity index (χ0n) is 24.2. The van der Waals surface area contributed by atoms with Gasteiger partial charge in [0.1, 0.15) is 0 Å². The molecule has 38 heavy (non-hydrogen) atoms. The molecule has 2 aromatic carbocycles. The first-order chi connectivity index (χ1) is 17.9. The topological polar surface area (TPSA) is 61.9 Å². The largest absolute Gasteiger partial charge is 0.493 e. The van der Waals surface area contributed by atoms with Gasteiger partial charge in [0.15, 0.2) is 23.0 Å². The Kier molecular flexibility index (Phi) is 9.90. The molecule has 8 nitrogen and oxygen atoms in total. The summed E-state index contributed by atoms with van der Waals surface area (Å²) >= 11 is 0. The van der Waals surface area contributed by atoms with Crippen molar-refractivity contribution in [2.75, 3.05) is 69.8 Å². The number of rotatable bonds is 9. The van der Waals surface area contributed by atoms with Crippen LogP contribution in [0, 0.1) is 5.92 Å². The number of halogens is 1. The van der Waals surface area contributed by atoms with E-state index < -0.39 is 0 Å². The molecule has 0 fully saturated rings. The smallest absolute Gasteiger partial charge is 0.203 e. The van der Waals surface area contributed by atoms with Crippen LogP contribution in [-0.2, 0) is 12.8 Å². The van der Waals surface area contributed by atoms with E-state index in [9.17, 15) is 0 Å². The van der Waals surface area contributed by atoms with Crippen LogP contribution in [0.5, 0.6) is 34.5 Å². The van der Waals surface area contributed by atoms with Gasteiger partial charge in [0.2, 0.25) is 11.5 Å². The van der Waals surface area contributed by atoms with Gasteiger partial charge in [-0.2, -0.15) is 0 Å². The van der Waals surface area contributed by atoms with Crippen molar-refractivity contribution >= 4 is 12.4 Å². The molecule has 2 unspecified atom stereocenters. The molecule has 0 aliphatic carbocycles. The molecule has 0 radical (unpaired) electrons. The summed E-state index contributed by atoms with van der Waals surface area (Å²) in [6.07, 6.45) is 2.79. The van der Waals surface area contributed by atoms with Crippen molar-refractivity contribution in [2.24, 2.45) is 5.92 Å². The number of hydrogen-bond donors (Lipinski definition) is 0. The number of hydrogen-bond acceptors (Lipinski definition) is 8. The summed E-state index contributed by atoms with van der Waals surface area (Å²) < 4.78 is 35.1. The lowest BCUT2D eigenvalue weighted by atomic mass is 9.74. The van der Waals surface area contributed by atoms with Crippen molar-refractivity contribution in [1.82, 2.24) is 9.80 Å². The Morgan fingerprint density at radius 1 is 0.658 bits per heavy atom. The highest BCUT2D eigenvalue weighted by Gasteiger charge is 2.44. The zero-order chi connectivity index (χ0) is 26.9. The molecule has 0 N–H and O–H groups in total. The quantitative estimate of drug-likeness (QED) is 0.435. The number of methoxy groups -OCH3 is 6. The zero-order valence-corrected chi connectivity index (χ0v) is 25.0. The van der Waals surface area contributed by atoms with Crippen molar-refractivity contribution in [3.05, 3.63) is 34.4 Å². The minimum atomic E-state index is 0. The van der Waals surface area contributed by atoms with Crippen LogP contribution < -0.4 is 28.4 Å². The van der Waals surface area contributed by atoms with E-state index in [1.165, 1.54) is 22.3 Å². The van der Waals surface area contributed by atoms with E-state index >= 15 is 0 Å². The van der Waals surface area contributed by atoms with Gasteiger partial charge in [0.25, 0.3) is 0 Å². The minimum Gasteiger partial charge on any atom is -0.493 e. The van der Waals surface area contributed by atoms with Crippen LogP contribution in [0.25, 0.3) is 0 Å². The Hall–Kier alpha value is -2.55. The fraction of sp³-hybridized carbons (Fsp3) is 0.586. The molecule has 2 aliphatic heterocycles. The van der Waals surface area contributed by atoms with Crippen LogP contribution in [0.4, 0.5) is 0 Å². The molecule has 0 saturated heterocycles. The molecule has 0 aromatic heterocycles. The molecule has 0 spiro atoms. The van der Waals surface area contributed by atoms with E-state index in [0.717, 1.165) is 43.9 Å². The molecule has 9 heteroatoms. The monoisotopic (exact) mass is 550 g/mol. The molecule has 2 atom stereocenters. The fourth-order valence-corrected chi connectivity index (χ4v) is 6.53. The van der Waals surface area contributed by atoms with E-state index in [1.807, 2.05) is 0 Å². The van der Waals surface area contributed by atoms with Crippen LogP contribution >= 0.6 is 12.4 Å². The molecule has 2 aliphatic rings. The van der Waals surface area contributed by atoms with E-state index in [2.05, 4.69) is 43.0 Å². The van der Waals surface area contributed by atoms with Crippen LogP contribution in [0.15, 0.2) is 12.1 Å². The van der Waals surface area contributed by atoms with Gasteiger partial charge in [-0.1, -0.05) is 6.92 Å². The highest BCUT2D eigenvalue weighted by molar-refractivity contribution is 5.85. The van der Waals surface area contributed by atoms with Crippen LogP contribution in [0.2, 0.25) is 0 Å². The first-order valence-electron chi connectivity index (χ1n) is 12.9. The lowest BCUT2D eigenvalue weighted by molar-refractivity contribution is 0.0689. The average molecular weight is 551 g/mol. The molecule has 4 rings (SSSR count). The van der Waals surface area contributed by atoms with Crippen molar-refractivity contribution in [1.29, 1.82) is 0 Å². The summed E-state index contributed by atoms with van der Waals surface area (Å²) in [6, 6.07) is 4.44. The molecular formula is C29H43ClN2O6. The molecule has 0 amide bonds. The van der Waals surface area contributed by atoms with Gasteiger partial charge in [-0.15, -0.1) is 12.4 Å². The molecule has 0 saturated carbocycles. The summed E-state index contributed by atoms with van der Waals surface area (Å²) in [5.41, 5.74) is 4.85. The highest BCUT2D eigenvalue weighted by Crippen LogP contribution is 2.56. The summed E-state index contributed by atoms with van der Waals surface area (Å²) in [5.74, 6) is 4.42. The minimum absolute atomic E-state index is 0. The van der Waals surface area contributed by atoms with Gasteiger partial charge in [0, 0.05) is 36.3 Å². The molecule has 212 valence electrons. The van der Waals surface area contributed by atoms with Gasteiger partial charge < -0.3 is 28.4 Å². The average Bonchev–Trinajstić information content (AvgIpc) is 2.92. The van der Waals surface area contributed by atoms with Gasteiger partial charge in [0.05, 0.1) is 42.7 Å². The third-order valence-electron chi connectivity index (χ3n) is 8.20. The van der Waals surface area contributed by atoms with E-state index in [4.69, 9.17) is 28.4 Å². The fourth-order valence-electron chi connectivity index (χ4n) is 6.53. The summed E-state index contributed by atoms with van der Waals surface area (Å²) in [4.78, 5) is 4.92. The molecule has 2 aromatic rings. The number of nitrogens with zero attached hydrogens (tertiary/aromatic N) is 2. The van der Waals surface area contributed by atoms with E-state index in [1.54, 1.807) is 42.7 Å². The number of likely N-dealkylation sites (N-methyl/N-ethyl adjacent to an activating group) is 2. The third kappa shape index (κ3) is 4.82. The van der Waals surface area contributed by atoms with E-state index in [-0.39, 0.29) is 30.4 Å². The summed E-state index contributed by atoms with van der Waals surface area (Å²) in [5, 5.41) is 0. The second-order valence-corrected chi connectivity index (χ2v) is 9.86. The highest BCUT2D eigenvalue weighted by atomic mass is 35.5. The Morgan fingerprint density at radius 3 is 1.32 bits per heavy atom. The van der Waals surface area contributed by atoms with Crippen molar-refractivity contribution in [3.8, 4) is 34.5 Å². The number of fused-ring (bicyclic) bond motifs is 2. The Balaban J connectivity index is 0.00000400. The normalized spacial score (nSPS) is 19.9. The van der Waals surface area contributed by atoms with Gasteiger partial charge in [-0.25, -0.2) is 0 Å². The van der Waals surface area contributed by atoms with Crippen molar-refractivity contribution < 1.29 is 28.4 Å². The third-order valence-corrected chi connectivity index (χ3v) is 8.20. The van der Waals surface area contributed by atoms with Gasteiger partial charge in [-0.05, 0) is 62.5 Å². The second kappa shape index (κ2) is 12.5. The maximum atomic E-state index is 6.04. The van der Waals surface area contributed by atoms with Crippen LogP contribution in [-0.4, -0.2) is 79.6 Å². The molecular weight excluding hydrogens is 508 g/mol. The lowest BCUT2D eigenvalue weighted by Gasteiger charge is -2.47. The Labute approximate surface area is 233 Å². The molecule has 2 heterocycles. The number of benzene rings is 2. The van der Waals surface area contributed by atoms with Gasteiger partial charge in [-0.3, -0.25) is 9.80 Å². The maximum absolute atomic E-state index is 6.04.